The van der Waals surface area contributed by atoms with Crippen molar-refractivity contribution in [2.24, 2.45) is 30.7 Å². The smallest absolute Gasteiger partial charge is 0.282 e. The van der Waals surface area contributed by atoms with E-state index < -0.39 is 44.1 Å². The maximum absolute atomic E-state index is 13.2. The van der Waals surface area contributed by atoms with Crippen LogP contribution in [-0.4, -0.2) is 90.8 Å². The Morgan fingerprint density at radius 2 is 0.879 bits per heavy atom. The fourth-order valence-corrected chi connectivity index (χ4v) is 7.17. The molecule has 0 bridgehead atoms. The minimum absolute atomic E-state index is 0. The second kappa shape index (κ2) is 17.1. The quantitative estimate of drug-likeness (QED) is 0.0627. The number of carbonyl (C=O) groups is 2. The van der Waals surface area contributed by atoms with E-state index in [9.17, 15) is 35.5 Å². The molecule has 2 unspecified atom stereocenters. The number of azo groups is 2. The third-order valence-electron chi connectivity index (χ3n) is 9.11. The number of anilines is 2. The van der Waals surface area contributed by atoms with Crippen molar-refractivity contribution in [1.29, 1.82) is 0 Å². The Morgan fingerprint density at radius 1 is 0.534 bits per heavy atom. The van der Waals surface area contributed by atoms with E-state index in [1.165, 1.54) is 48.5 Å². The van der Waals surface area contributed by atoms with Gasteiger partial charge in [-0.15, -0.1) is 0 Å². The third-order valence-corrected chi connectivity index (χ3v) is 10.8. The van der Waals surface area contributed by atoms with E-state index in [2.05, 4.69) is 30.7 Å². The molecule has 58 heavy (non-hydrogen) atoms. The Bertz CT molecular complexity index is 2530. The van der Waals surface area contributed by atoms with Gasteiger partial charge in [-0.2, -0.15) is 57.5 Å². The third kappa shape index (κ3) is 9.08. The Balaban J connectivity index is 0.00000567. The number of amides is 2. The SMILES string of the molecule is CC1=NN(c2ccc(S(=O)(=O)O)cc2)C(=O)C1N=Nc1ccc(C(c2ccccc2)c2ccc(N=NC3C(=O)N(c4ccc(S(=O)(=O)O)cc4)N=C3C)cc2)cc1.[Na]. The van der Waals surface area contributed by atoms with Crippen LogP contribution in [0.1, 0.15) is 36.5 Å². The number of rotatable bonds is 11. The normalized spacial score (nSPS) is 17.8. The molecule has 1 radical (unpaired) electrons. The molecule has 0 aromatic heterocycles. The minimum Gasteiger partial charge on any atom is -0.282 e. The fraction of sp³-hybridized carbons (Fsp3) is 0.128. The van der Waals surface area contributed by atoms with Crippen molar-refractivity contribution in [2.75, 3.05) is 10.0 Å². The molecule has 0 fully saturated rings. The zero-order valence-corrected chi connectivity index (χ0v) is 34.7. The predicted molar refractivity (Wildman–Crippen MR) is 216 cm³/mol. The zero-order chi connectivity index (χ0) is 40.5. The largest absolute Gasteiger partial charge is 0.294 e. The van der Waals surface area contributed by atoms with Crippen molar-refractivity contribution in [3.63, 3.8) is 0 Å². The van der Waals surface area contributed by atoms with E-state index >= 15 is 0 Å². The molecule has 2 aliphatic heterocycles. The average molecular weight is 828 g/mol. The molecule has 2 aliphatic rings. The molecule has 19 heteroatoms. The second-order valence-corrected chi connectivity index (χ2v) is 15.8. The van der Waals surface area contributed by atoms with Gasteiger partial charge in [0.25, 0.3) is 32.1 Å². The van der Waals surface area contributed by atoms with Gasteiger partial charge in [-0.05, 0) is 103 Å². The summed E-state index contributed by atoms with van der Waals surface area (Å²) in [7, 11) is -8.78. The minimum atomic E-state index is -4.39. The summed E-state index contributed by atoms with van der Waals surface area (Å²) in [6.07, 6.45) is 0. The van der Waals surface area contributed by atoms with E-state index in [1.807, 2.05) is 54.6 Å². The fourth-order valence-electron chi connectivity index (χ4n) is 6.21. The first-order chi connectivity index (χ1) is 27.2. The molecular weight excluding hydrogens is 796 g/mol. The number of hydrogen-bond donors (Lipinski definition) is 2. The van der Waals surface area contributed by atoms with Crippen LogP contribution in [-0.2, 0) is 29.8 Å². The maximum atomic E-state index is 13.2. The molecule has 2 atom stereocenters. The molecule has 0 aliphatic carbocycles. The first-order valence-electron chi connectivity index (χ1n) is 17.2. The molecule has 16 nitrogen and oxygen atoms in total. The van der Waals surface area contributed by atoms with E-state index in [0.717, 1.165) is 26.7 Å². The van der Waals surface area contributed by atoms with Crippen LogP contribution >= 0.6 is 0 Å². The monoisotopic (exact) mass is 827 g/mol. The number of carbonyl (C=O) groups excluding carboxylic acids is 2. The zero-order valence-electron chi connectivity index (χ0n) is 31.1. The molecule has 0 saturated carbocycles. The summed E-state index contributed by atoms with van der Waals surface area (Å²) < 4.78 is 64.1. The van der Waals surface area contributed by atoms with Gasteiger partial charge in [-0.3, -0.25) is 18.7 Å². The summed E-state index contributed by atoms with van der Waals surface area (Å²) >= 11 is 0. The molecule has 289 valence electrons. The van der Waals surface area contributed by atoms with Crippen LogP contribution in [0.5, 0.6) is 0 Å². The van der Waals surface area contributed by atoms with Gasteiger partial charge in [0.15, 0.2) is 12.1 Å². The van der Waals surface area contributed by atoms with Gasteiger partial charge in [-0.25, -0.2) is 0 Å². The Labute approximate surface area is 355 Å². The molecule has 2 amide bonds. The van der Waals surface area contributed by atoms with Crippen LogP contribution in [0, 0.1) is 0 Å². The summed E-state index contributed by atoms with van der Waals surface area (Å²) in [4.78, 5) is 25.7. The van der Waals surface area contributed by atoms with Crippen molar-refractivity contribution in [1.82, 2.24) is 0 Å². The number of nitrogens with zero attached hydrogens (tertiary/aromatic N) is 8. The Kier molecular flexibility index (Phi) is 12.4. The van der Waals surface area contributed by atoms with Gasteiger partial charge in [0, 0.05) is 35.5 Å². The summed E-state index contributed by atoms with van der Waals surface area (Å²) in [5, 5.41) is 27.9. The number of benzene rings is 5. The van der Waals surface area contributed by atoms with E-state index in [0.29, 0.717) is 34.2 Å². The predicted octanol–water partition coefficient (Wildman–Crippen LogP) is 6.73. The summed E-state index contributed by atoms with van der Waals surface area (Å²) in [6.45, 7) is 3.29. The molecule has 2 heterocycles. The van der Waals surface area contributed by atoms with Crippen molar-refractivity contribution in [3.8, 4) is 0 Å². The van der Waals surface area contributed by atoms with Crippen molar-refractivity contribution >= 4 is 95.8 Å². The van der Waals surface area contributed by atoms with Crippen LogP contribution in [0.25, 0.3) is 0 Å². The van der Waals surface area contributed by atoms with Crippen molar-refractivity contribution in [2.45, 2.75) is 41.6 Å². The molecule has 5 aromatic rings. The Morgan fingerprint density at radius 3 is 1.22 bits per heavy atom. The average Bonchev–Trinajstić information content (AvgIpc) is 3.65. The molecular formula is C39H32N8NaO8S2. The van der Waals surface area contributed by atoms with Gasteiger partial charge in [-0.1, -0.05) is 54.6 Å². The van der Waals surface area contributed by atoms with Gasteiger partial charge < -0.3 is 0 Å². The van der Waals surface area contributed by atoms with Crippen LogP contribution in [0.4, 0.5) is 22.7 Å². The summed E-state index contributed by atoms with van der Waals surface area (Å²) in [5.74, 6) is -1.11. The first-order valence-corrected chi connectivity index (χ1v) is 20.1. The van der Waals surface area contributed by atoms with Crippen molar-refractivity contribution in [3.05, 3.63) is 144 Å². The topological polar surface area (TPSA) is 224 Å². The van der Waals surface area contributed by atoms with E-state index in [4.69, 9.17) is 0 Å². The number of hydrogen-bond acceptors (Lipinski definition) is 12. The maximum Gasteiger partial charge on any atom is 0.294 e. The van der Waals surface area contributed by atoms with E-state index in [1.54, 1.807) is 38.1 Å². The molecule has 7 rings (SSSR count). The molecule has 0 spiro atoms. The van der Waals surface area contributed by atoms with Crippen molar-refractivity contribution < 1.29 is 35.5 Å². The number of hydrazone groups is 2. The van der Waals surface area contributed by atoms with Gasteiger partial charge in [0.1, 0.15) is 0 Å². The van der Waals surface area contributed by atoms with Crippen LogP contribution < -0.4 is 10.0 Å². The van der Waals surface area contributed by atoms with Crippen LogP contribution in [0.2, 0.25) is 0 Å². The summed E-state index contributed by atoms with van der Waals surface area (Å²) in [5.41, 5.74) is 5.37. The molecule has 2 N–H and O–H groups in total. The summed E-state index contributed by atoms with van der Waals surface area (Å²) in [6, 6.07) is 33.0. The van der Waals surface area contributed by atoms with Gasteiger partial charge in [0.2, 0.25) is 0 Å². The second-order valence-electron chi connectivity index (χ2n) is 13.0. The molecule has 0 saturated heterocycles. The van der Waals surface area contributed by atoms with E-state index in [-0.39, 0.29) is 45.3 Å². The van der Waals surface area contributed by atoms with Gasteiger partial charge in [0.05, 0.1) is 44.0 Å². The first kappa shape index (κ1) is 42.0. The molecule has 5 aromatic carbocycles. The van der Waals surface area contributed by atoms with Gasteiger partial charge >= 0.3 is 0 Å². The standard InChI is InChI=1S/C39H32N8O8S2.Na/c1-24-36(38(48)46(44-24)31-16-20-33(21-17-31)56(50,51)52)42-40-29-12-8-27(9-13-29)35(26-6-4-3-5-7-26)28-10-14-30(15-11-28)41-43-37-25(2)45-47(39(37)49)32-18-22-34(23-19-32)57(53,54)55;/h3-23,35-37H,1-2H3,(H,50,51,52)(H,53,54,55);. The Hall–Kier alpha value is -5.60. The van der Waals surface area contributed by atoms with Crippen LogP contribution in [0.3, 0.4) is 0 Å². The van der Waals surface area contributed by atoms with Crippen LogP contribution in [0.15, 0.2) is 168 Å².